The first-order chi connectivity index (χ1) is 13.9. The van der Waals surface area contributed by atoms with Gasteiger partial charge in [0.2, 0.25) is 0 Å². The van der Waals surface area contributed by atoms with Crippen LogP contribution in [0.15, 0.2) is 70.2 Å². The normalized spacial score (nSPS) is 11.0. The molecule has 0 atom stereocenters. The topological polar surface area (TPSA) is 67.7 Å². The minimum Gasteiger partial charge on any atom is -0.477 e. The maximum atomic E-state index is 12.7. The smallest absolute Gasteiger partial charge is 0.349 e. The summed E-state index contributed by atoms with van der Waals surface area (Å²) in [4.78, 5) is 16.8. The first-order valence-corrected chi connectivity index (χ1v) is 9.91. The molecule has 3 aromatic heterocycles. The van der Waals surface area contributed by atoms with Crippen molar-refractivity contribution < 1.29 is 14.4 Å². The largest absolute Gasteiger partial charge is 0.477 e. The zero-order valence-corrected chi connectivity index (χ0v) is 17.7. The molecule has 0 aliphatic rings. The molecule has 0 saturated heterocycles. The Hall–Kier alpha value is -2.90. The predicted octanol–water partition coefficient (Wildman–Crippen LogP) is 4.25. The van der Waals surface area contributed by atoms with E-state index in [9.17, 15) is 9.90 Å². The van der Waals surface area contributed by atoms with Gasteiger partial charge in [0, 0.05) is 22.3 Å². The second-order valence-corrected chi connectivity index (χ2v) is 7.78. The van der Waals surface area contributed by atoms with Crippen molar-refractivity contribution >= 4 is 33.2 Å². The average molecular weight is 474 g/mol. The van der Waals surface area contributed by atoms with Gasteiger partial charge in [-0.05, 0) is 43.3 Å². The molecule has 6 nitrogen and oxygen atoms in total. The van der Waals surface area contributed by atoms with Gasteiger partial charge in [0.25, 0.3) is 11.5 Å². The second kappa shape index (κ2) is 7.85. The van der Waals surface area contributed by atoms with Crippen LogP contribution in [0.5, 0.6) is 17.4 Å². The molecule has 0 saturated carbocycles. The molecule has 8 heteroatoms. The summed E-state index contributed by atoms with van der Waals surface area (Å²) >= 11 is 9.24. The van der Waals surface area contributed by atoms with E-state index in [1.165, 1.54) is 4.40 Å². The number of halogens is 2. The van der Waals surface area contributed by atoms with Crippen molar-refractivity contribution in [3.05, 3.63) is 92.0 Å². The molecule has 0 spiro atoms. The van der Waals surface area contributed by atoms with Gasteiger partial charge in [-0.3, -0.25) is 0 Å². The highest BCUT2D eigenvalue weighted by molar-refractivity contribution is 9.10. The SMILES string of the molecule is Cc1c(O)[n+](Cc2ccc(Cl)nc2)c2ccc(Oc3ccc(Br)cc3)cn2c1=O. The number of aromatic nitrogens is 3. The third-order valence-corrected chi connectivity index (χ3v) is 5.24. The number of aromatic hydroxyl groups is 1. The summed E-state index contributed by atoms with van der Waals surface area (Å²) in [6, 6.07) is 14.4. The van der Waals surface area contributed by atoms with Crippen molar-refractivity contribution in [2.75, 3.05) is 0 Å². The van der Waals surface area contributed by atoms with Crippen LogP contribution in [0.3, 0.4) is 0 Å². The summed E-state index contributed by atoms with van der Waals surface area (Å²) in [5.74, 6) is 1.06. The lowest BCUT2D eigenvalue weighted by Crippen LogP contribution is -2.41. The van der Waals surface area contributed by atoms with Gasteiger partial charge in [-0.15, -0.1) is 0 Å². The molecule has 4 aromatic rings. The van der Waals surface area contributed by atoms with Gasteiger partial charge >= 0.3 is 5.56 Å². The maximum absolute atomic E-state index is 12.7. The Morgan fingerprint density at radius 3 is 2.55 bits per heavy atom. The van der Waals surface area contributed by atoms with E-state index in [4.69, 9.17) is 16.3 Å². The third-order valence-electron chi connectivity index (χ3n) is 4.49. The molecule has 1 aromatic carbocycles. The zero-order chi connectivity index (χ0) is 20.5. The summed E-state index contributed by atoms with van der Waals surface area (Å²) in [5.41, 5.74) is 1.29. The number of fused-ring (bicyclic) bond motifs is 1. The van der Waals surface area contributed by atoms with Gasteiger partial charge < -0.3 is 9.84 Å². The molecule has 0 radical (unpaired) electrons. The molecule has 29 heavy (non-hydrogen) atoms. The lowest BCUT2D eigenvalue weighted by molar-refractivity contribution is -0.672. The van der Waals surface area contributed by atoms with E-state index < -0.39 is 0 Å². The van der Waals surface area contributed by atoms with Gasteiger partial charge in [0.15, 0.2) is 5.75 Å². The van der Waals surface area contributed by atoms with Crippen LogP contribution >= 0.6 is 27.5 Å². The minimum absolute atomic E-state index is 0.0912. The fourth-order valence-corrected chi connectivity index (χ4v) is 3.36. The Morgan fingerprint density at radius 1 is 1.14 bits per heavy atom. The molecule has 146 valence electrons. The van der Waals surface area contributed by atoms with E-state index in [2.05, 4.69) is 20.9 Å². The van der Waals surface area contributed by atoms with Crippen LogP contribution in [-0.4, -0.2) is 14.5 Å². The summed E-state index contributed by atoms with van der Waals surface area (Å²) < 4.78 is 9.92. The fraction of sp³-hybridized carbons (Fsp3) is 0.0952. The molecule has 1 N–H and O–H groups in total. The highest BCUT2D eigenvalue weighted by Gasteiger charge is 2.22. The van der Waals surface area contributed by atoms with E-state index >= 15 is 0 Å². The number of pyridine rings is 2. The Kier molecular flexibility index (Phi) is 5.25. The van der Waals surface area contributed by atoms with Gasteiger partial charge in [-0.1, -0.05) is 33.6 Å². The van der Waals surface area contributed by atoms with E-state index in [0.29, 0.717) is 28.8 Å². The Morgan fingerprint density at radius 2 is 1.86 bits per heavy atom. The van der Waals surface area contributed by atoms with Gasteiger partial charge in [0.1, 0.15) is 29.2 Å². The van der Waals surface area contributed by atoms with Crippen molar-refractivity contribution in [3.63, 3.8) is 0 Å². The lowest BCUT2D eigenvalue weighted by atomic mass is 10.2. The first-order valence-electron chi connectivity index (χ1n) is 8.74. The van der Waals surface area contributed by atoms with Crippen LogP contribution in [0, 0.1) is 6.92 Å². The monoisotopic (exact) mass is 472 g/mol. The van der Waals surface area contributed by atoms with Crippen molar-refractivity contribution in [1.82, 2.24) is 9.38 Å². The number of ether oxygens (including phenoxy) is 1. The van der Waals surface area contributed by atoms with Crippen LogP contribution in [0.25, 0.3) is 5.65 Å². The van der Waals surface area contributed by atoms with Gasteiger partial charge in [-0.25, -0.2) is 9.78 Å². The molecule has 0 aliphatic carbocycles. The van der Waals surface area contributed by atoms with Crippen molar-refractivity contribution in [2.24, 2.45) is 0 Å². The first kappa shape index (κ1) is 19.4. The predicted molar refractivity (Wildman–Crippen MR) is 113 cm³/mol. The minimum atomic E-state index is -0.316. The second-order valence-electron chi connectivity index (χ2n) is 6.48. The highest BCUT2D eigenvalue weighted by Crippen LogP contribution is 2.23. The van der Waals surface area contributed by atoms with Crippen LogP contribution in [-0.2, 0) is 6.54 Å². The van der Waals surface area contributed by atoms with Crippen molar-refractivity contribution in [2.45, 2.75) is 13.5 Å². The molecule has 3 heterocycles. The molecule has 0 aliphatic heterocycles. The Balaban J connectivity index is 1.79. The number of hydrogen-bond acceptors (Lipinski definition) is 4. The molecule has 0 fully saturated rings. The highest BCUT2D eigenvalue weighted by atomic mass is 79.9. The van der Waals surface area contributed by atoms with Crippen molar-refractivity contribution in [3.8, 4) is 17.4 Å². The summed E-state index contributed by atoms with van der Waals surface area (Å²) in [6.45, 7) is 1.91. The van der Waals surface area contributed by atoms with E-state index in [-0.39, 0.29) is 17.0 Å². The lowest BCUT2D eigenvalue weighted by Gasteiger charge is -2.10. The summed E-state index contributed by atoms with van der Waals surface area (Å²) in [7, 11) is 0. The quantitative estimate of drug-likeness (QED) is 0.355. The summed E-state index contributed by atoms with van der Waals surface area (Å²) in [6.07, 6.45) is 3.25. The summed E-state index contributed by atoms with van der Waals surface area (Å²) in [5, 5.41) is 11.0. The number of nitrogens with zero attached hydrogens (tertiary/aromatic N) is 3. The van der Waals surface area contributed by atoms with Crippen LogP contribution in [0.2, 0.25) is 5.15 Å². The molecule has 4 rings (SSSR count). The molecular weight excluding hydrogens is 458 g/mol. The molecule has 0 bridgehead atoms. The molecule has 0 unspecified atom stereocenters. The Bertz CT molecular complexity index is 1260. The number of hydrogen-bond donors (Lipinski definition) is 1. The van der Waals surface area contributed by atoms with Gasteiger partial charge in [0.05, 0.1) is 0 Å². The molecule has 0 amide bonds. The maximum Gasteiger partial charge on any atom is 0.349 e. The van der Waals surface area contributed by atoms with Crippen LogP contribution in [0.4, 0.5) is 0 Å². The molecular formula is C21H16BrClN3O3+. The standard InChI is InChI=1S/C21H15BrClN3O3/c1-13-20(27)25(11-14-2-8-18(23)24-10-14)19-9-7-17(12-26(19)21(13)28)29-16-5-3-15(22)4-6-16/h2-10,12H,11H2,1H3/p+1. The fourth-order valence-electron chi connectivity index (χ4n) is 2.98. The Labute approximate surface area is 179 Å². The number of rotatable bonds is 4. The van der Waals surface area contributed by atoms with Gasteiger partial charge in [-0.2, -0.15) is 8.97 Å². The van der Waals surface area contributed by atoms with E-state index in [1.807, 2.05) is 30.3 Å². The zero-order valence-electron chi connectivity index (χ0n) is 15.3. The average Bonchev–Trinajstić information content (AvgIpc) is 2.73. The number of benzene rings is 1. The van der Waals surface area contributed by atoms with Crippen LogP contribution < -0.4 is 14.9 Å². The van der Waals surface area contributed by atoms with E-state index in [0.717, 1.165) is 10.0 Å². The van der Waals surface area contributed by atoms with Crippen molar-refractivity contribution in [1.29, 1.82) is 0 Å². The van der Waals surface area contributed by atoms with E-state index in [1.54, 1.807) is 42.1 Å². The third kappa shape index (κ3) is 3.97. The van der Waals surface area contributed by atoms with Crippen LogP contribution in [0.1, 0.15) is 11.1 Å².